The predicted octanol–water partition coefficient (Wildman–Crippen LogP) is 2.65. The molecule has 6 nitrogen and oxygen atoms in total. The molecule has 1 aliphatic rings. The summed E-state index contributed by atoms with van der Waals surface area (Å²) in [6.07, 6.45) is 4.71. The van der Waals surface area contributed by atoms with Crippen LogP contribution in [0.4, 0.5) is 0 Å². The zero-order valence-corrected chi connectivity index (χ0v) is 14.9. The van der Waals surface area contributed by atoms with Crippen LogP contribution in [0, 0.1) is 0 Å². The molecule has 136 valence electrons. The van der Waals surface area contributed by atoms with E-state index in [2.05, 4.69) is 10.3 Å². The highest BCUT2D eigenvalue weighted by Crippen LogP contribution is 2.14. The Kier molecular flexibility index (Phi) is 5.84. The third-order valence-corrected chi connectivity index (χ3v) is 4.50. The van der Waals surface area contributed by atoms with E-state index >= 15 is 0 Å². The number of hydrogen-bond acceptors (Lipinski definition) is 4. The summed E-state index contributed by atoms with van der Waals surface area (Å²) in [6.45, 7) is 1.92. The molecule has 0 aliphatic carbocycles. The van der Waals surface area contributed by atoms with E-state index < -0.39 is 0 Å². The molecule has 6 heteroatoms. The van der Waals surface area contributed by atoms with Crippen molar-refractivity contribution in [3.63, 3.8) is 0 Å². The number of likely N-dealkylation sites (tertiary alicyclic amines) is 1. The average molecular weight is 353 g/mol. The Bertz CT molecular complexity index is 768. The molecule has 2 aromatic rings. The minimum atomic E-state index is -0.226. The van der Waals surface area contributed by atoms with Crippen molar-refractivity contribution in [1.29, 1.82) is 0 Å². The van der Waals surface area contributed by atoms with Crippen molar-refractivity contribution in [2.45, 2.75) is 25.8 Å². The summed E-state index contributed by atoms with van der Waals surface area (Å²) in [5, 5.41) is 2.87. The maximum absolute atomic E-state index is 12.5. The molecule has 1 fully saturated rings. The molecule has 1 N–H and O–H groups in total. The first-order valence-corrected chi connectivity index (χ1v) is 8.84. The number of ether oxygens (including phenoxy) is 1. The van der Waals surface area contributed by atoms with Gasteiger partial charge in [-0.1, -0.05) is 12.1 Å². The van der Waals surface area contributed by atoms with E-state index in [-0.39, 0.29) is 11.8 Å². The number of benzene rings is 1. The number of rotatable bonds is 5. The van der Waals surface area contributed by atoms with Crippen LogP contribution >= 0.6 is 0 Å². The third kappa shape index (κ3) is 4.39. The standard InChI is InChI=1S/C20H23N3O3/c1-26-17-7-5-15(6-8-17)14-22-19(24)16-9-10-21-18(13-16)20(25)23-11-3-2-4-12-23/h5-10,13H,2-4,11-12,14H2,1H3,(H,22,24). The molecule has 2 heterocycles. The highest BCUT2D eigenvalue weighted by Gasteiger charge is 2.20. The fraction of sp³-hybridized carbons (Fsp3) is 0.350. The highest BCUT2D eigenvalue weighted by molar-refractivity contribution is 5.98. The Morgan fingerprint density at radius 2 is 1.85 bits per heavy atom. The zero-order valence-electron chi connectivity index (χ0n) is 14.9. The van der Waals surface area contributed by atoms with Crippen molar-refractivity contribution in [2.75, 3.05) is 20.2 Å². The number of nitrogens with one attached hydrogen (secondary N) is 1. The van der Waals surface area contributed by atoms with Crippen LogP contribution < -0.4 is 10.1 Å². The number of hydrogen-bond donors (Lipinski definition) is 1. The first-order valence-electron chi connectivity index (χ1n) is 8.84. The lowest BCUT2D eigenvalue weighted by molar-refractivity contribution is 0.0718. The lowest BCUT2D eigenvalue weighted by Crippen LogP contribution is -2.36. The van der Waals surface area contributed by atoms with Gasteiger partial charge in [0.25, 0.3) is 11.8 Å². The number of carbonyl (C=O) groups is 2. The van der Waals surface area contributed by atoms with E-state index in [4.69, 9.17) is 4.74 Å². The predicted molar refractivity (Wildman–Crippen MR) is 98.2 cm³/mol. The fourth-order valence-corrected chi connectivity index (χ4v) is 2.98. The van der Waals surface area contributed by atoms with Crippen LogP contribution in [-0.4, -0.2) is 41.9 Å². The van der Waals surface area contributed by atoms with Gasteiger partial charge in [0, 0.05) is 31.4 Å². The van der Waals surface area contributed by atoms with E-state index in [1.807, 2.05) is 29.2 Å². The van der Waals surface area contributed by atoms with E-state index in [0.29, 0.717) is 17.8 Å². The molecule has 26 heavy (non-hydrogen) atoms. The largest absolute Gasteiger partial charge is 0.497 e. The maximum atomic E-state index is 12.5. The summed E-state index contributed by atoms with van der Waals surface area (Å²) < 4.78 is 5.12. The van der Waals surface area contributed by atoms with Gasteiger partial charge in [0.05, 0.1) is 7.11 Å². The Hall–Kier alpha value is -2.89. The van der Waals surface area contributed by atoms with Gasteiger partial charge in [0.15, 0.2) is 0 Å². The van der Waals surface area contributed by atoms with E-state index in [1.54, 1.807) is 19.2 Å². The second-order valence-corrected chi connectivity index (χ2v) is 6.31. The summed E-state index contributed by atoms with van der Waals surface area (Å²) >= 11 is 0. The van der Waals surface area contributed by atoms with Gasteiger partial charge >= 0.3 is 0 Å². The number of piperidine rings is 1. The molecular weight excluding hydrogens is 330 g/mol. The first kappa shape index (κ1) is 17.9. The van der Waals surface area contributed by atoms with Crippen LogP contribution in [-0.2, 0) is 6.54 Å². The van der Waals surface area contributed by atoms with E-state index in [1.165, 1.54) is 6.20 Å². The molecule has 1 saturated heterocycles. The number of aromatic nitrogens is 1. The number of amides is 2. The quantitative estimate of drug-likeness (QED) is 0.897. The van der Waals surface area contributed by atoms with Gasteiger partial charge in [-0.25, -0.2) is 0 Å². The van der Waals surface area contributed by atoms with Gasteiger partial charge in [-0.05, 0) is 49.1 Å². The summed E-state index contributed by atoms with van der Waals surface area (Å²) in [6, 6.07) is 10.7. The molecule has 0 bridgehead atoms. The lowest BCUT2D eigenvalue weighted by Gasteiger charge is -2.26. The Labute approximate surface area is 153 Å². The Morgan fingerprint density at radius 1 is 1.12 bits per heavy atom. The maximum Gasteiger partial charge on any atom is 0.272 e. The zero-order chi connectivity index (χ0) is 18.4. The van der Waals surface area contributed by atoms with Crippen LogP contribution in [0.1, 0.15) is 45.7 Å². The molecule has 0 saturated carbocycles. The summed E-state index contributed by atoms with van der Waals surface area (Å²) in [7, 11) is 1.61. The van der Waals surface area contributed by atoms with Gasteiger partial charge in [0.2, 0.25) is 0 Å². The number of nitrogens with zero attached hydrogens (tertiary/aromatic N) is 2. The first-order chi connectivity index (χ1) is 12.7. The average Bonchev–Trinajstić information content (AvgIpc) is 2.72. The molecule has 0 atom stereocenters. The SMILES string of the molecule is COc1ccc(CNC(=O)c2ccnc(C(=O)N3CCCCC3)c2)cc1. The second kappa shape index (κ2) is 8.47. The topological polar surface area (TPSA) is 71.5 Å². The monoisotopic (exact) mass is 353 g/mol. The molecule has 0 unspecified atom stereocenters. The van der Waals surface area contributed by atoms with Gasteiger partial charge in [-0.3, -0.25) is 14.6 Å². The van der Waals surface area contributed by atoms with Crippen molar-refractivity contribution in [2.24, 2.45) is 0 Å². The van der Waals surface area contributed by atoms with Crippen LogP contribution in [0.25, 0.3) is 0 Å². The van der Waals surface area contributed by atoms with Crippen LogP contribution in [0.5, 0.6) is 5.75 Å². The summed E-state index contributed by atoms with van der Waals surface area (Å²) in [4.78, 5) is 30.9. The molecule has 2 amide bonds. The highest BCUT2D eigenvalue weighted by atomic mass is 16.5. The fourth-order valence-electron chi connectivity index (χ4n) is 2.98. The molecule has 1 aromatic carbocycles. The molecule has 0 spiro atoms. The normalized spacial score (nSPS) is 14.0. The smallest absolute Gasteiger partial charge is 0.272 e. The third-order valence-electron chi connectivity index (χ3n) is 4.50. The van der Waals surface area contributed by atoms with Gasteiger partial charge in [-0.2, -0.15) is 0 Å². The Balaban J connectivity index is 1.62. The second-order valence-electron chi connectivity index (χ2n) is 6.31. The van der Waals surface area contributed by atoms with E-state index in [9.17, 15) is 9.59 Å². The number of methoxy groups -OCH3 is 1. The minimum Gasteiger partial charge on any atom is -0.497 e. The molecule has 3 rings (SSSR count). The van der Waals surface area contributed by atoms with Crippen molar-refractivity contribution in [3.05, 3.63) is 59.4 Å². The molecular formula is C20H23N3O3. The molecule has 0 radical (unpaired) electrons. The van der Waals surface area contributed by atoms with Crippen LogP contribution in [0.3, 0.4) is 0 Å². The van der Waals surface area contributed by atoms with E-state index in [0.717, 1.165) is 43.7 Å². The van der Waals surface area contributed by atoms with Gasteiger partial charge < -0.3 is 15.0 Å². The lowest BCUT2D eigenvalue weighted by atomic mass is 10.1. The van der Waals surface area contributed by atoms with Crippen molar-refractivity contribution >= 4 is 11.8 Å². The Morgan fingerprint density at radius 3 is 2.54 bits per heavy atom. The van der Waals surface area contributed by atoms with Crippen LogP contribution in [0.2, 0.25) is 0 Å². The number of carbonyl (C=O) groups excluding carboxylic acids is 2. The number of pyridine rings is 1. The van der Waals surface area contributed by atoms with Crippen molar-refractivity contribution in [1.82, 2.24) is 15.2 Å². The van der Waals surface area contributed by atoms with Gasteiger partial charge in [-0.15, -0.1) is 0 Å². The summed E-state index contributed by atoms with van der Waals surface area (Å²) in [5.41, 5.74) is 1.73. The van der Waals surface area contributed by atoms with Gasteiger partial charge in [0.1, 0.15) is 11.4 Å². The molecule has 1 aromatic heterocycles. The molecule has 1 aliphatic heterocycles. The van der Waals surface area contributed by atoms with Crippen molar-refractivity contribution in [3.8, 4) is 5.75 Å². The summed E-state index contributed by atoms with van der Waals surface area (Å²) in [5.74, 6) is 0.445. The van der Waals surface area contributed by atoms with Crippen molar-refractivity contribution < 1.29 is 14.3 Å². The van der Waals surface area contributed by atoms with Crippen LogP contribution in [0.15, 0.2) is 42.6 Å². The minimum absolute atomic E-state index is 0.102.